The molecule has 18 heavy (non-hydrogen) atoms. The van der Waals surface area contributed by atoms with Crippen molar-refractivity contribution in [2.24, 2.45) is 0 Å². The second kappa shape index (κ2) is 5.48. The average molecular weight is 307 g/mol. The van der Waals surface area contributed by atoms with Gasteiger partial charge in [0.05, 0.1) is 4.47 Å². The SMILES string of the molecule is CCc1cc(Oc2ccc(C)cc2Br)nc(C)n1. The fourth-order valence-corrected chi connectivity index (χ4v) is 2.21. The molecule has 4 heteroatoms. The van der Waals surface area contributed by atoms with Crippen LogP contribution in [0.1, 0.15) is 24.0 Å². The summed E-state index contributed by atoms with van der Waals surface area (Å²) >= 11 is 3.49. The van der Waals surface area contributed by atoms with E-state index in [0.717, 1.165) is 28.2 Å². The van der Waals surface area contributed by atoms with Crippen molar-refractivity contribution < 1.29 is 4.74 Å². The highest BCUT2D eigenvalue weighted by Gasteiger charge is 2.06. The maximum Gasteiger partial charge on any atom is 0.222 e. The van der Waals surface area contributed by atoms with Crippen LogP contribution in [0.4, 0.5) is 0 Å². The van der Waals surface area contributed by atoms with E-state index in [2.05, 4.69) is 32.8 Å². The third-order valence-electron chi connectivity index (χ3n) is 2.53. The fourth-order valence-electron chi connectivity index (χ4n) is 1.63. The van der Waals surface area contributed by atoms with Crippen molar-refractivity contribution in [2.75, 3.05) is 0 Å². The highest BCUT2D eigenvalue weighted by atomic mass is 79.9. The Morgan fingerprint density at radius 1 is 1.17 bits per heavy atom. The molecule has 1 aromatic heterocycles. The van der Waals surface area contributed by atoms with Crippen molar-refractivity contribution in [3.8, 4) is 11.6 Å². The zero-order valence-electron chi connectivity index (χ0n) is 10.7. The van der Waals surface area contributed by atoms with Crippen LogP contribution in [-0.4, -0.2) is 9.97 Å². The van der Waals surface area contributed by atoms with E-state index in [1.54, 1.807) is 0 Å². The Morgan fingerprint density at radius 2 is 1.94 bits per heavy atom. The van der Waals surface area contributed by atoms with Crippen LogP contribution in [0, 0.1) is 13.8 Å². The molecule has 0 bridgehead atoms. The predicted octanol–water partition coefficient (Wildman–Crippen LogP) is 4.21. The van der Waals surface area contributed by atoms with Gasteiger partial charge in [0, 0.05) is 11.8 Å². The molecule has 3 nitrogen and oxygen atoms in total. The normalized spacial score (nSPS) is 10.4. The first kappa shape index (κ1) is 13.0. The van der Waals surface area contributed by atoms with Gasteiger partial charge in [-0.3, -0.25) is 0 Å². The highest BCUT2D eigenvalue weighted by molar-refractivity contribution is 9.10. The summed E-state index contributed by atoms with van der Waals surface area (Å²) in [5, 5.41) is 0. The van der Waals surface area contributed by atoms with Crippen LogP contribution >= 0.6 is 15.9 Å². The van der Waals surface area contributed by atoms with Gasteiger partial charge in [0.2, 0.25) is 5.88 Å². The number of hydrogen-bond donors (Lipinski definition) is 0. The average Bonchev–Trinajstić information content (AvgIpc) is 2.32. The predicted molar refractivity (Wildman–Crippen MR) is 75.1 cm³/mol. The summed E-state index contributed by atoms with van der Waals surface area (Å²) in [5.41, 5.74) is 2.17. The third kappa shape index (κ3) is 3.07. The topological polar surface area (TPSA) is 35.0 Å². The summed E-state index contributed by atoms with van der Waals surface area (Å²) in [6.07, 6.45) is 0.870. The van der Waals surface area contributed by atoms with Gasteiger partial charge in [0.1, 0.15) is 11.6 Å². The molecule has 0 saturated heterocycles. The van der Waals surface area contributed by atoms with Crippen molar-refractivity contribution >= 4 is 15.9 Å². The van der Waals surface area contributed by atoms with Crippen molar-refractivity contribution in [3.05, 3.63) is 45.8 Å². The van der Waals surface area contributed by atoms with E-state index in [1.807, 2.05) is 38.1 Å². The molecule has 1 heterocycles. The number of hydrogen-bond acceptors (Lipinski definition) is 3. The molecule has 0 spiro atoms. The fraction of sp³-hybridized carbons (Fsp3) is 0.286. The first-order valence-electron chi connectivity index (χ1n) is 5.87. The lowest BCUT2D eigenvalue weighted by atomic mass is 10.2. The Labute approximate surface area is 115 Å². The first-order chi connectivity index (χ1) is 8.58. The molecular formula is C14H15BrN2O. The molecule has 0 N–H and O–H groups in total. The second-order valence-corrected chi connectivity index (χ2v) is 4.99. The van der Waals surface area contributed by atoms with Crippen LogP contribution in [0.15, 0.2) is 28.7 Å². The minimum Gasteiger partial charge on any atom is -0.438 e. The van der Waals surface area contributed by atoms with Crippen LogP contribution in [0.25, 0.3) is 0 Å². The lowest BCUT2D eigenvalue weighted by Gasteiger charge is -2.09. The molecule has 0 aliphatic rings. The molecule has 0 amide bonds. The minimum absolute atomic E-state index is 0.587. The van der Waals surface area contributed by atoms with Crippen LogP contribution in [-0.2, 0) is 6.42 Å². The van der Waals surface area contributed by atoms with Crippen molar-refractivity contribution in [1.29, 1.82) is 0 Å². The van der Waals surface area contributed by atoms with Gasteiger partial charge in [-0.15, -0.1) is 0 Å². The standard InChI is InChI=1S/C14H15BrN2O/c1-4-11-8-14(17-10(3)16-11)18-13-6-5-9(2)7-12(13)15/h5-8H,4H2,1-3H3. The summed E-state index contributed by atoms with van der Waals surface area (Å²) in [6, 6.07) is 7.83. The molecule has 2 rings (SSSR count). The molecular weight excluding hydrogens is 292 g/mol. The maximum absolute atomic E-state index is 5.79. The molecule has 0 aliphatic carbocycles. The monoisotopic (exact) mass is 306 g/mol. The number of rotatable bonds is 3. The van der Waals surface area contributed by atoms with Crippen molar-refractivity contribution in [1.82, 2.24) is 9.97 Å². The molecule has 2 aromatic rings. The van der Waals surface area contributed by atoms with Crippen molar-refractivity contribution in [2.45, 2.75) is 27.2 Å². The van der Waals surface area contributed by atoms with E-state index in [4.69, 9.17) is 4.74 Å². The molecule has 0 fully saturated rings. The minimum atomic E-state index is 0.587. The van der Waals surface area contributed by atoms with E-state index in [1.165, 1.54) is 5.56 Å². The van der Waals surface area contributed by atoms with Crippen LogP contribution in [0.2, 0.25) is 0 Å². The van der Waals surface area contributed by atoms with E-state index in [-0.39, 0.29) is 0 Å². The number of aromatic nitrogens is 2. The largest absolute Gasteiger partial charge is 0.438 e. The Bertz CT molecular complexity index is 570. The van der Waals surface area contributed by atoms with E-state index >= 15 is 0 Å². The zero-order valence-corrected chi connectivity index (χ0v) is 12.3. The summed E-state index contributed by atoms with van der Waals surface area (Å²) in [6.45, 7) is 5.97. The van der Waals surface area contributed by atoms with Gasteiger partial charge in [-0.1, -0.05) is 13.0 Å². The lowest BCUT2D eigenvalue weighted by Crippen LogP contribution is -1.97. The maximum atomic E-state index is 5.79. The summed E-state index contributed by atoms with van der Waals surface area (Å²) in [5.74, 6) is 2.08. The Kier molecular flexibility index (Phi) is 3.97. The van der Waals surface area contributed by atoms with E-state index in [0.29, 0.717) is 5.88 Å². The first-order valence-corrected chi connectivity index (χ1v) is 6.66. The molecule has 0 radical (unpaired) electrons. The Morgan fingerprint density at radius 3 is 2.61 bits per heavy atom. The van der Waals surface area contributed by atoms with Gasteiger partial charge in [0.25, 0.3) is 0 Å². The van der Waals surface area contributed by atoms with Crippen LogP contribution < -0.4 is 4.74 Å². The van der Waals surface area contributed by atoms with Gasteiger partial charge >= 0.3 is 0 Å². The molecule has 1 aromatic carbocycles. The quantitative estimate of drug-likeness (QED) is 0.852. The highest BCUT2D eigenvalue weighted by Crippen LogP contribution is 2.29. The van der Waals surface area contributed by atoms with Crippen LogP contribution in [0.5, 0.6) is 11.6 Å². The zero-order chi connectivity index (χ0) is 13.1. The molecule has 0 saturated carbocycles. The lowest BCUT2D eigenvalue weighted by molar-refractivity contribution is 0.455. The van der Waals surface area contributed by atoms with E-state index < -0.39 is 0 Å². The van der Waals surface area contributed by atoms with Gasteiger partial charge < -0.3 is 4.74 Å². The van der Waals surface area contributed by atoms with E-state index in [9.17, 15) is 0 Å². The Hall–Kier alpha value is -1.42. The molecule has 0 unspecified atom stereocenters. The summed E-state index contributed by atoms with van der Waals surface area (Å²) < 4.78 is 6.72. The van der Waals surface area contributed by atoms with Crippen molar-refractivity contribution in [3.63, 3.8) is 0 Å². The molecule has 94 valence electrons. The second-order valence-electron chi connectivity index (χ2n) is 4.13. The summed E-state index contributed by atoms with van der Waals surface area (Å²) in [7, 11) is 0. The van der Waals surface area contributed by atoms with Gasteiger partial charge in [-0.25, -0.2) is 4.98 Å². The van der Waals surface area contributed by atoms with Gasteiger partial charge in [-0.05, 0) is 53.9 Å². The van der Waals surface area contributed by atoms with Gasteiger partial charge in [-0.2, -0.15) is 4.98 Å². The number of ether oxygens (including phenoxy) is 1. The number of aryl methyl sites for hydroxylation is 3. The summed E-state index contributed by atoms with van der Waals surface area (Å²) in [4.78, 5) is 8.61. The Balaban J connectivity index is 2.30. The van der Waals surface area contributed by atoms with Gasteiger partial charge in [0.15, 0.2) is 0 Å². The smallest absolute Gasteiger partial charge is 0.222 e. The number of nitrogens with zero attached hydrogens (tertiary/aromatic N) is 2. The van der Waals surface area contributed by atoms with Crippen LogP contribution in [0.3, 0.4) is 0 Å². The number of benzene rings is 1. The number of halogens is 1. The molecule has 0 atom stereocenters. The third-order valence-corrected chi connectivity index (χ3v) is 3.15. The molecule has 0 aliphatic heterocycles.